The van der Waals surface area contributed by atoms with Gasteiger partial charge in [-0.2, -0.15) is 24.1 Å². The van der Waals surface area contributed by atoms with E-state index >= 15 is 0 Å². The largest absolute Gasteiger partial charge is 1.00 e. The van der Waals surface area contributed by atoms with E-state index in [0.717, 1.165) is 56.9 Å². The molecule has 0 saturated heterocycles. The molecule has 0 radical (unpaired) electrons. The Kier molecular flexibility index (Phi) is 26.5. The first-order chi connectivity index (χ1) is 31.0. The molecule has 0 fully saturated rings. The third kappa shape index (κ3) is 21.6. The molecule has 0 spiro atoms. The van der Waals surface area contributed by atoms with Gasteiger partial charge in [-0.15, -0.1) is 18.7 Å². The van der Waals surface area contributed by atoms with Crippen LogP contribution in [-0.4, -0.2) is 0 Å². The minimum absolute atomic E-state index is 0. The number of benzene rings is 6. The Bertz CT molecular complexity index is 2220. The minimum Gasteiger partial charge on any atom is -0.192 e. The summed E-state index contributed by atoms with van der Waals surface area (Å²) in [5.41, 5.74) is 13.3. The summed E-state index contributed by atoms with van der Waals surface area (Å²) in [6, 6.07) is 65.4. The molecule has 0 aliphatic rings. The Morgan fingerprint density at radius 1 is 0.462 bits per heavy atom. The second-order valence-corrected chi connectivity index (χ2v) is 17.9. The Morgan fingerprint density at radius 2 is 0.785 bits per heavy atom. The van der Waals surface area contributed by atoms with E-state index in [4.69, 9.17) is 0 Å². The summed E-state index contributed by atoms with van der Waals surface area (Å²) in [4.78, 5) is 0. The summed E-state index contributed by atoms with van der Waals surface area (Å²) in [6.45, 7) is 28.3. The molecule has 6 rings (SSSR count). The maximum atomic E-state index is 4.43. The molecule has 0 amide bonds. The van der Waals surface area contributed by atoms with E-state index in [2.05, 4.69) is 242 Å². The predicted octanol–water partition coefficient (Wildman–Crippen LogP) is 15.1. The van der Waals surface area contributed by atoms with Gasteiger partial charge >= 0.3 is 51.4 Å². The van der Waals surface area contributed by atoms with Crippen molar-refractivity contribution >= 4 is 0 Å². The van der Waals surface area contributed by atoms with E-state index in [0.29, 0.717) is 29.6 Å². The molecule has 0 aliphatic heterocycles. The van der Waals surface area contributed by atoms with Gasteiger partial charge in [-0.25, -0.2) is 0 Å². The van der Waals surface area contributed by atoms with Crippen LogP contribution in [0.4, 0.5) is 0 Å². The molecular formula is C64H75K. The van der Waals surface area contributed by atoms with Crippen LogP contribution in [0.15, 0.2) is 243 Å². The summed E-state index contributed by atoms with van der Waals surface area (Å²) in [7, 11) is 0. The topological polar surface area (TPSA) is 0 Å². The van der Waals surface area contributed by atoms with Crippen LogP contribution in [0, 0.1) is 18.3 Å². The quantitative estimate of drug-likeness (QED) is 0.0276. The predicted molar refractivity (Wildman–Crippen MR) is 282 cm³/mol. The Labute approximate surface area is 438 Å². The molecule has 332 valence electrons. The second kappa shape index (κ2) is 31.4. The monoisotopic (exact) mass is 883 g/mol. The van der Waals surface area contributed by atoms with Crippen LogP contribution >= 0.6 is 0 Å². The van der Waals surface area contributed by atoms with Crippen molar-refractivity contribution in [3.8, 4) is 0 Å². The summed E-state index contributed by atoms with van der Waals surface area (Å²) in [6.07, 6.45) is 12.9. The molecule has 0 aliphatic carbocycles. The molecular weight excluding hydrogens is 808 g/mol. The third-order valence-electron chi connectivity index (χ3n) is 12.3. The number of allylic oxidation sites excluding steroid dienone is 5. The van der Waals surface area contributed by atoms with E-state index < -0.39 is 0 Å². The van der Waals surface area contributed by atoms with E-state index in [-0.39, 0.29) is 51.4 Å². The molecule has 0 bridgehead atoms. The average molecular weight is 883 g/mol. The molecule has 6 aromatic rings. The van der Waals surface area contributed by atoms with E-state index in [1.807, 2.05) is 6.92 Å². The fraction of sp³-hybridized carbons (Fsp3) is 0.266. The van der Waals surface area contributed by atoms with Crippen LogP contribution in [0.2, 0.25) is 0 Å². The molecule has 65 heavy (non-hydrogen) atoms. The van der Waals surface area contributed by atoms with Gasteiger partial charge in [0.15, 0.2) is 0 Å². The molecule has 5 unspecified atom stereocenters. The van der Waals surface area contributed by atoms with Crippen molar-refractivity contribution < 1.29 is 51.4 Å². The Morgan fingerprint density at radius 3 is 1.14 bits per heavy atom. The number of rotatable bonds is 22. The van der Waals surface area contributed by atoms with E-state index in [9.17, 15) is 0 Å². The van der Waals surface area contributed by atoms with Crippen LogP contribution in [0.1, 0.15) is 117 Å². The van der Waals surface area contributed by atoms with Gasteiger partial charge in [0.1, 0.15) is 0 Å². The minimum atomic E-state index is 0. The van der Waals surface area contributed by atoms with Gasteiger partial charge in [0.25, 0.3) is 0 Å². The summed E-state index contributed by atoms with van der Waals surface area (Å²) >= 11 is 0. The maximum absolute atomic E-state index is 4.43. The van der Waals surface area contributed by atoms with Crippen LogP contribution in [0.5, 0.6) is 0 Å². The molecule has 6 aromatic carbocycles. The van der Waals surface area contributed by atoms with Gasteiger partial charge in [0.05, 0.1) is 0 Å². The molecule has 0 saturated carbocycles. The average Bonchev–Trinajstić information content (AvgIpc) is 3.32. The first-order valence-corrected chi connectivity index (χ1v) is 23.4. The van der Waals surface area contributed by atoms with Gasteiger partial charge < -0.3 is 0 Å². The summed E-state index contributed by atoms with van der Waals surface area (Å²) < 4.78 is 0. The molecule has 0 heterocycles. The Hall–Kier alpha value is -4.47. The van der Waals surface area contributed by atoms with Crippen molar-refractivity contribution in [2.45, 2.75) is 96.8 Å². The van der Waals surface area contributed by atoms with Gasteiger partial charge in [-0.3, -0.25) is 0 Å². The maximum Gasteiger partial charge on any atom is 1.00 e. The zero-order valence-corrected chi connectivity index (χ0v) is 43.7. The third-order valence-corrected chi connectivity index (χ3v) is 12.3. The fourth-order valence-electron chi connectivity index (χ4n) is 8.38. The second-order valence-electron chi connectivity index (χ2n) is 17.9. The SMILES string of the molecule is C=C(C)C(C[CH-]c1ccccc1)CC(Cc1ccccc1)c1ccccc1.C=C(C)CCC(CC(CC(Cc1ccccc1)c1ccccc1)C(=C)C)c1ccccc1.C=CC(=C)C.[K+]. The van der Waals surface area contributed by atoms with Gasteiger partial charge in [-0.1, -0.05) is 219 Å². The van der Waals surface area contributed by atoms with E-state index in [1.165, 1.54) is 50.1 Å². The van der Waals surface area contributed by atoms with E-state index in [1.54, 1.807) is 6.08 Å². The van der Waals surface area contributed by atoms with Gasteiger partial charge in [-0.05, 0) is 130 Å². The van der Waals surface area contributed by atoms with Crippen molar-refractivity contribution in [2.24, 2.45) is 11.8 Å². The Balaban J connectivity index is 0.000000312. The standard InChI is InChI=1S/C32H38.C27H29.C5H8.K/c1-25(2)20-21-30(28-16-10-6-11-17-28)23-31(26(3)4)24-32(29-18-12-7-13-19-29)22-27-14-8-5-9-15-27;1-22(2)26(19-18-23-12-6-3-7-13-23)21-27(25-16-10-5-11-17-25)20-24-14-8-4-9-15-24;1-4-5(2)3;/h5-19,30-32H,1,3,20-24H2,2,4H3;3-18,26-27H,1,19-21H2,2H3;4H,1-2H2,3H3;/q;-1;;+1. The van der Waals surface area contributed by atoms with Crippen molar-refractivity contribution in [3.63, 3.8) is 0 Å². The summed E-state index contributed by atoms with van der Waals surface area (Å²) in [5.74, 6) is 2.48. The molecule has 0 N–H and O–H groups in total. The van der Waals surface area contributed by atoms with Gasteiger partial charge in [0, 0.05) is 0 Å². The van der Waals surface area contributed by atoms with Gasteiger partial charge in [0.2, 0.25) is 0 Å². The summed E-state index contributed by atoms with van der Waals surface area (Å²) in [5, 5.41) is 0. The molecule has 1 heteroatoms. The van der Waals surface area contributed by atoms with Crippen molar-refractivity contribution in [1.29, 1.82) is 0 Å². The van der Waals surface area contributed by atoms with Crippen LogP contribution < -0.4 is 51.4 Å². The first kappa shape index (κ1) is 54.9. The van der Waals surface area contributed by atoms with Crippen molar-refractivity contribution in [2.75, 3.05) is 0 Å². The first-order valence-electron chi connectivity index (χ1n) is 23.4. The van der Waals surface area contributed by atoms with Crippen molar-refractivity contribution in [3.05, 3.63) is 283 Å². The zero-order chi connectivity index (χ0) is 45.9. The van der Waals surface area contributed by atoms with Crippen LogP contribution in [0.25, 0.3) is 0 Å². The molecule has 0 nitrogen and oxygen atoms in total. The van der Waals surface area contributed by atoms with Crippen LogP contribution in [-0.2, 0) is 12.8 Å². The normalized spacial score (nSPS) is 12.7. The van der Waals surface area contributed by atoms with Crippen molar-refractivity contribution in [1.82, 2.24) is 0 Å². The molecule has 0 aromatic heterocycles. The zero-order valence-electron chi connectivity index (χ0n) is 40.6. The smallest absolute Gasteiger partial charge is 0.192 e. The van der Waals surface area contributed by atoms with Crippen LogP contribution in [0.3, 0.4) is 0 Å². The fourth-order valence-corrected chi connectivity index (χ4v) is 8.38. The molecule has 5 atom stereocenters. The number of hydrogen-bond acceptors (Lipinski definition) is 0. The number of hydrogen-bond donors (Lipinski definition) is 0.